The smallest absolute Gasteiger partial charge is 0.335 e. The minimum Gasteiger partial charge on any atom is -0.493 e. The fourth-order valence-electron chi connectivity index (χ4n) is 1.79. The maximum absolute atomic E-state index is 12.0. The van der Waals surface area contributed by atoms with Crippen molar-refractivity contribution in [1.82, 2.24) is 9.55 Å². The number of aromatic hydroxyl groups is 1. The first-order valence-electron chi connectivity index (χ1n) is 6.81. The lowest BCUT2D eigenvalue weighted by atomic mass is 10.2. The van der Waals surface area contributed by atoms with Gasteiger partial charge in [0.15, 0.2) is 0 Å². The summed E-state index contributed by atoms with van der Waals surface area (Å²) < 4.78 is 0.996. The van der Waals surface area contributed by atoms with E-state index in [1.165, 1.54) is 6.21 Å². The second kappa shape index (κ2) is 6.62. The molecule has 0 amide bonds. The van der Waals surface area contributed by atoms with Gasteiger partial charge < -0.3 is 5.11 Å². The summed E-state index contributed by atoms with van der Waals surface area (Å²) in [5, 5.41) is 10.8. The van der Waals surface area contributed by atoms with E-state index in [0.717, 1.165) is 11.0 Å². The summed E-state index contributed by atoms with van der Waals surface area (Å²) >= 11 is 5.81. The Morgan fingerprint density at radius 3 is 2.59 bits per heavy atom. The molecule has 0 spiro atoms. The molecule has 1 unspecified atom stereocenters. The van der Waals surface area contributed by atoms with E-state index in [9.17, 15) is 14.7 Å². The van der Waals surface area contributed by atoms with Gasteiger partial charge in [0.2, 0.25) is 5.88 Å². The number of rotatable bonds is 4. The number of aliphatic imine (C=N–C) groups is 1. The Labute approximate surface area is 131 Å². The quantitative estimate of drug-likeness (QED) is 0.845. The minimum absolute atomic E-state index is 0.00899. The van der Waals surface area contributed by atoms with Gasteiger partial charge in [0.05, 0.1) is 5.69 Å². The number of aromatic nitrogens is 2. The van der Waals surface area contributed by atoms with Crippen molar-refractivity contribution in [2.75, 3.05) is 0 Å². The molecule has 0 bridgehead atoms. The van der Waals surface area contributed by atoms with Crippen molar-refractivity contribution in [3.8, 4) is 11.6 Å². The predicted octanol–water partition coefficient (Wildman–Crippen LogP) is 2.10. The molecule has 0 saturated carbocycles. The van der Waals surface area contributed by atoms with Gasteiger partial charge in [-0.2, -0.15) is 0 Å². The summed E-state index contributed by atoms with van der Waals surface area (Å²) in [5.74, 6) is -0.455. The van der Waals surface area contributed by atoms with Gasteiger partial charge in [0, 0.05) is 17.3 Å². The second-order valence-corrected chi connectivity index (χ2v) is 5.28. The predicted molar refractivity (Wildman–Crippen MR) is 86.7 cm³/mol. The van der Waals surface area contributed by atoms with Crippen LogP contribution in [0.5, 0.6) is 5.88 Å². The van der Waals surface area contributed by atoms with Gasteiger partial charge in [0.1, 0.15) is 5.56 Å². The van der Waals surface area contributed by atoms with Crippen LogP contribution in [0.3, 0.4) is 0 Å². The molecule has 6 nitrogen and oxygen atoms in total. The Kier molecular flexibility index (Phi) is 4.82. The minimum atomic E-state index is -0.731. The molecule has 0 radical (unpaired) electrons. The molecule has 1 heterocycles. The number of nitrogens with one attached hydrogen (secondary N) is 1. The normalized spacial score (nSPS) is 12.7. The zero-order valence-corrected chi connectivity index (χ0v) is 13.0. The number of benzene rings is 1. The van der Waals surface area contributed by atoms with Gasteiger partial charge in [0.25, 0.3) is 5.56 Å². The van der Waals surface area contributed by atoms with Crippen LogP contribution in [0.2, 0.25) is 5.02 Å². The lowest BCUT2D eigenvalue weighted by Crippen LogP contribution is -2.31. The zero-order valence-electron chi connectivity index (χ0n) is 12.2. The van der Waals surface area contributed by atoms with Gasteiger partial charge in [-0.05, 0) is 37.6 Å². The fourth-order valence-corrected chi connectivity index (χ4v) is 1.92. The molecule has 0 aliphatic heterocycles. The maximum atomic E-state index is 12.0. The van der Waals surface area contributed by atoms with Gasteiger partial charge in [-0.25, -0.2) is 9.36 Å². The number of hydrogen-bond acceptors (Lipinski definition) is 4. The van der Waals surface area contributed by atoms with Crippen molar-refractivity contribution in [2.45, 2.75) is 26.3 Å². The third-order valence-electron chi connectivity index (χ3n) is 3.25. The van der Waals surface area contributed by atoms with Crippen LogP contribution in [0, 0.1) is 0 Å². The SMILES string of the molecule is CCC(C)N=Cc1c(O)n(-c2ccc(Cl)cc2)c(=O)[nH]c1=O. The van der Waals surface area contributed by atoms with Crippen LogP contribution in [0.4, 0.5) is 0 Å². The van der Waals surface area contributed by atoms with Gasteiger partial charge in [-0.1, -0.05) is 18.5 Å². The van der Waals surface area contributed by atoms with E-state index in [1.807, 2.05) is 13.8 Å². The van der Waals surface area contributed by atoms with Crippen molar-refractivity contribution in [3.63, 3.8) is 0 Å². The average Bonchev–Trinajstić information content (AvgIpc) is 2.48. The molecule has 2 N–H and O–H groups in total. The van der Waals surface area contributed by atoms with Crippen LogP contribution in [0.25, 0.3) is 5.69 Å². The zero-order chi connectivity index (χ0) is 16.3. The highest BCUT2D eigenvalue weighted by atomic mass is 35.5. The first-order valence-corrected chi connectivity index (χ1v) is 7.19. The van der Waals surface area contributed by atoms with E-state index in [4.69, 9.17) is 11.6 Å². The first-order chi connectivity index (χ1) is 10.4. The first kappa shape index (κ1) is 16.0. The maximum Gasteiger partial charge on any atom is 0.335 e. The van der Waals surface area contributed by atoms with Crippen LogP contribution in [-0.2, 0) is 0 Å². The molecule has 2 rings (SSSR count). The van der Waals surface area contributed by atoms with Crippen molar-refractivity contribution < 1.29 is 5.11 Å². The molecule has 0 fully saturated rings. The summed E-state index contributed by atoms with van der Waals surface area (Å²) in [6.45, 7) is 3.84. The molecule has 2 aromatic rings. The lowest BCUT2D eigenvalue weighted by Gasteiger charge is -2.10. The molecule has 1 aromatic carbocycles. The summed E-state index contributed by atoms with van der Waals surface area (Å²) in [5.41, 5.74) is -1.08. The summed E-state index contributed by atoms with van der Waals surface area (Å²) in [6.07, 6.45) is 2.08. The Hall–Kier alpha value is -2.34. The Morgan fingerprint density at radius 2 is 2.00 bits per heavy atom. The summed E-state index contributed by atoms with van der Waals surface area (Å²) in [4.78, 5) is 30.2. The Bertz CT molecular complexity index is 806. The van der Waals surface area contributed by atoms with Gasteiger partial charge in [-0.3, -0.25) is 14.8 Å². The van der Waals surface area contributed by atoms with Gasteiger partial charge in [-0.15, -0.1) is 0 Å². The fraction of sp³-hybridized carbons (Fsp3) is 0.267. The molecular formula is C15H16ClN3O3. The van der Waals surface area contributed by atoms with Crippen molar-refractivity contribution in [1.29, 1.82) is 0 Å². The number of H-pyrrole nitrogens is 1. The largest absolute Gasteiger partial charge is 0.493 e. The number of aromatic amines is 1. The summed E-state index contributed by atoms with van der Waals surface area (Å²) in [6, 6.07) is 6.31. The number of halogens is 1. The van der Waals surface area contributed by atoms with Crippen molar-refractivity contribution >= 4 is 17.8 Å². The van der Waals surface area contributed by atoms with E-state index >= 15 is 0 Å². The van der Waals surface area contributed by atoms with E-state index < -0.39 is 17.1 Å². The highest BCUT2D eigenvalue weighted by Crippen LogP contribution is 2.17. The molecule has 7 heteroatoms. The molecule has 1 aromatic heterocycles. The second-order valence-electron chi connectivity index (χ2n) is 4.84. The van der Waals surface area contributed by atoms with Crippen molar-refractivity contribution in [2.24, 2.45) is 4.99 Å². The highest BCUT2D eigenvalue weighted by Gasteiger charge is 2.14. The van der Waals surface area contributed by atoms with E-state index in [-0.39, 0.29) is 11.6 Å². The third kappa shape index (κ3) is 3.28. The Balaban J connectivity index is 2.61. The van der Waals surface area contributed by atoms with Crippen LogP contribution in [-0.4, -0.2) is 26.9 Å². The van der Waals surface area contributed by atoms with Crippen LogP contribution < -0.4 is 11.2 Å². The number of hydrogen-bond donors (Lipinski definition) is 2. The lowest BCUT2D eigenvalue weighted by molar-refractivity contribution is 0.430. The molecule has 1 atom stereocenters. The third-order valence-corrected chi connectivity index (χ3v) is 3.51. The molecular weight excluding hydrogens is 306 g/mol. The molecule has 0 aliphatic carbocycles. The molecule has 116 valence electrons. The van der Waals surface area contributed by atoms with Crippen LogP contribution in [0.15, 0.2) is 38.8 Å². The van der Waals surface area contributed by atoms with Gasteiger partial charge >= 0.3 is 5.69 Å². The molecule has 0 aliphatic rings. The average molecular weight is 322 g/mol. The monoisotopic (exact) mass is 321 g/mol. The standard InChI is InChI=1S/C15H16ClN3O3/c1-3-9(2)17-8-12-13(20)18-15(22)19(14(12)21)11-6-4-10(16)5-7-11/h4-9,21H,3H2,1-2H3,(H,18,20,22). The van der Waals surface area contributed by atoms with Crippen LogP contribution in [0.1, 0.15) is 25.8 Å². The summed E-state index contributed by atoms with van der Waals surface area (Å²) in [7, 11) is 0. The van der Waals surface area contributed by atoms with E-state index in [0.29, 0.717) is 10.7 Å². The molecule has 22 heavy (non-hydrogen) atoms. The number of nitrogens with zero attached hydrogens (tertiary/aromatic N) is 2. The van der Waals surface area contributed by atoms with E-state index in [1.54, 1.807) is 24.3 Å². The van der Waals surface area contributed by atoms with Crippen LogP contribution >= 0.6 is 11.6 Å². The Morgan fingerprint density at radius 1 is 1.36 bits per heavy atom. The van der Waals surface area contributed by atoms with E-state index in [2.05, 4.69) is 9.98 Å². The highest BCUT2D eigenvalue weighted by molar-refractivity contribution is 6.30. The topological polar surface area (TPSA) is 87.4 Å². The molecule has 0 saturated heterocycles. The van der Waals surface area contributed by atoms with Crippen molar-refractivity contribution in [3.05, 3.63) is 55.7 Å².